The van der Waals surface area contributed by atoms with E-state index < -0.39 is 0 Å². The zero-order valence-electron chi connectivity index (χ0n) is 13.5. The van der Waals surface area contributed by atoms with Crippen LogP contribution < -0.4 is 5.32 Å². The van der Waals surface area contributed by atoms with Crippen LogP contribution in [0.4, 0.5) is 0 Å². The van der Waals surface area contributed by atoms with Crippen molar-refractivity contribution in [3.05, 3.63) is 36.7 Å². The van der Waals surface area contributed by atoms with E-state index in [1.165, 1.54) is 12.8 Å². The lowest BCUT2D eigenvalue weighted by molar-refractivity contribution is 0.431. The van der Waals surface area contributed by atoms with Crippen LogP contribution in [0.25, 0.3) is 33.9 Å². The average Bonchev–Trinajstić information content (AvgIpc) is 3.41. The van der Waals surface area contributed by atoms with Crippen molar-refractivity contribution >= 4 is 10.9 Å². The minimum atomic E-state index is 0.383. The number of benzene rings is 1. The van der Waals surface area contributed by atoms with Gasteiger partial charge in [0, 0.05) is 28.7 Å². The van der Waals surface area contributed by atoms with E-state index >= 15 is 0 Å². The van der Waals surface area contributed by atoms with E-state index in [1.807, 2.05) is 41.3 Å². The number of nitrogens with zero attached hydrogens (tertiary/aromatic N) is 5. The third kappa shape index (κ3) is 2.60. The van der Waals surface area contributed by atoms with E-state index in [0.29, 0.717) is 23.5 Å². The van der Waals surface area contributed by atoms with Gasteiger partial charge in [0.25, 0.3) is 5.89 Å². The maximum atomic E-state index is 5.41. The average molecular weight is 335 g/mol. The molecule has 0 radical (unpaired) electrons. The summed E-state index contributed by atoms with van der Waals surface area (Å²) in [4.78, 5) is 7.69. The standard InChI is InChI=1S/C17H17N7O/c1-4-13(12-6-8-19-14(12)5-1)16-20-17(25-22-16)15-10-24(23-21-15)9-11-3-2-7-18-11/h1,4-6,8,10-11,18-19H,2-3,7,9H2. The quantitative estimate of drug-likeness (QED) is 0.593. The van der Waals surface area contributed by atoms with Crippen LogP contribution in [0.2, 0.25) is 0 Å². The largest absolute Gasteiger partial charge is 0.361 e. The lowest BCUT2D eigenvalue weighted by Gasteiger charge is -2.08. The normalized spacial score (nSPS) is 17.5. The Labute approximate surface area is 143 Å². The number of hydrogen-bond donors (Lipinski definition) is 2. The van der Waals surface area contributed by atoms with Crippen LogP contribution in [0, 0.1) is 0 Å². The molecule has 2 N–H and O–H groups in total. The maximum absolute atomic E-state index is 5.41. The first-order valence-corrected chi connectivity index (χ1v) is 8.41. The molecule has 4 heterocycles. The minimum Gasteiger partial charge on any atom is -0.361 e. The Morgan fingerprint density at radius 2 is 2.28 bits per heavy atom. The molecule has 1 saturated heterocycles. The van der Waals surface area contributed by atoms with Crippen molar-refractivity contribution in [3.63, 3.8) is 0 Å². The number of H-pyrrole nitrogens is 1. The Morgan fingerprint density at radius 1 is 1.28 bits per heavy atom. The number of hydrogen-bond acceptors (Lipinski definition) is 6. The third-order valence-corrected chi connectivity index (χ3v) is 4.59. The molecule has 0 amide bonds. The highest BCUT2D eigenvalue weighted by Gasteiger charge is 2.18. The summed E-state index contributed by atoms with van der Waals surface area (Å²) in [5.74, 6) is 0.931. The topological polar surface area (TPSA) is 97.5 Å². The number of aromatic nitrogens is 6. The Kier molecular flexibility index (Phi) is 3.34. The molecule has 25 heavy (non-hydrogen) atoms. The Hall–Kier alpha value is -3.00. The molecule has 3 aromatic heterocycles. The van der Waals surface area contributed by atoms with E-state index in [2.05, 4.69) is 30.8 Å². The molecule has 0 saturated carbocycles. The lowest BCUT2D eigenvalue weighted by Crippen LogP contribution is -2.26. The highest BCUT2D eigenvalue weighted by atomic mass is 16.5. The van der Waals surface area contributed by atoms with Crippen LogP contribution in [-0.2, 0) is 6.54 Å². The van der Waals surface area contributed by atoms with E-state index in [9.17, 15) is 0 Å². The first kappa shape index (κ1) is 14.4. The monoisotopic (exact) mass is 335 g/mol. The summed E-state index contributed by atoms with van der Waals surface area (Å²) in [6.45, 7) is 1.88. The molecular formula is C17H17N7O. The fourth-order valence-electron chi connectivity index (χ4n) is 3.34. The second kappa shape index (κ2) is 5.82. The molecule has 8 heteroatoms. The first-order chi connectivity index (χ1) is 12.4. The van der Waals surface area contributed by atoms with E-state index in [1.54, 1.807) is 0 Å². The van der Waals surface area contributed by atoms with Crippen LogP contribution in [0.1, 0.15) is 12.8 Å². The van der Waals surface area contributed by atoms with Crippen molar-refractivity contribution in [2.75, 3.05) is 6.54 Å². The predicted molar refractivity (Wildman–Crippen MR) is 91.6 cm³/mol. The molecule has 0 bridgehead atoms. The summed E-state index contributed by atoms with van der Waals surface area (Å²) < 4.78 is 7.24. The van der Waals surface area contributed by atoms with Crippen LogP contribution >= 0.6 is 0 Å². The molecule has 0 aliphatic carbocycles. The second-order valence-electron chi connectivity index (χ2n) is 6.29. The van der Waals surface area contributed by atoms with Crippen LogP contribution in [0.5, 0.6) is 0 Å². The SMILES string of the molecule is c1cc(-c2noc(-c3cn(CC4CCCN4)nn3)n2)c2cc[nH]c2c1. The molecule has 1 atom stereocenters. The van der Waals surface area contributed by atoms with Gasteiger partial charge in [0.15, 0.2) is 5.69 Å². The lowest BCUT2D eigenvalue weighted by atomic mass is 10.1. The van der Waals surface area contributed by atoms with Gasteiger partial charge in [-0.2, -0.15) is 4.98 Å². The summed E-state index contributed by atoms with van der Waals surface area (Å²) in [6, 6.07) is 8.43. The summed E-state index contributed by atoms with van der Waals surface area (Å²) in [5, 5.41) is 17.0. The van der Waals surface area contributed by atoms with Gasteiger partial charge in [-0.3, -0.25) is 4.68 Å². The maximum Gasteiger partial charge on any atom is 0.280 e. The molecule has 5 rings (SSSR count). The fourth-order valence-corrected chi connectivity index (χ4v) is 3.34. The number of nitrogens with one attached hydrogen (secondary N) is 2. The minimum absolute atomic E-state index is 0.383. The molecule has 1 aliphatic rings. The van der Waals surface area contributed by atoms with Gasteiger partial charge in [-0.15, -0.1) is 5.10 Å². The van der Waals surface area contributed by atoms with Crippen molar-refractivity contribution < 1.29 is 4.52 Å². The van der Waals surface area contributed by atoms with E-state index in [-0.39, 0.29) is 0 Å². The van der Waals surface area contributed by atoms with Crippen LogP contribution in [0.15, 0.2) is 41.2 Å². The van der Waals surface area contributed by atoms with Gasteiger partial charge in [0.1, 0.15) is 0 Å². The Bertz CT molecular complexity index is 1010. The molecular weight excluding hydrogens is 318 g/mol. The van der Waals surface area contributed by atoms with Crippen LogP contribution in [-0.4, -0.2) is 42.7 Å². The van der Waals surface area contributed by atoms with Gasteiger partial charge in [-0.25, -0.2) is 0 Å². The highest BCUT2D eigenvalue weighted by Crippen LogP contribution is 2.27. The molecule has 0 spiro atoms. The van der Waals surface area contributed by atoms with Crippen molar-refractivity contribution in [1.29, 1.82) is 0 Å². The molecule has 1 aliphatic heterocycles. The van der Waals surface area contributed by atoms with Gasteiger partial charge in [-0.1, -0.05) is 22.5 Å². The second-order valence-corrected chi connectivity index (χ2v) is 6.29. The first-order valence-electron chi connectivity index (χ1n) is 8.41. The molecule has 1 fully saturated rings. The Morgan fingerprint density at radius 3 is 3.20 bits per heavy atom. The fraction of sp³-hybridized carbons (Fsp3) is 0.294. The molecule has 126 valence electrons. The summed E-state index contributed by atoms with van der Waals surface area (Å²) in [7, 11) is 0. The van der Waals surface area contributed by atoms with Gasteiger partial charge in [-0.05, 0) is 31.5 Å². The summed E-state index contributed by atoms with van der Waals surface area (Å²) in [6.07, 6.45) is 6.14. The molecule has 1 unspecified atom stereocenters. The van der Waals surface area contributed by atoms with Crippen LogP contribution in [0.3, 0.4) is 0 Å². The Balaban J connectivity index is 1.43. The molecule has 1 aromatic carbocycles. The van der Waals surface area contributed by atoms with Crippen molar-refractivity contribution in [2.24, 2.45) is 0 Å². The number of aromatic amines is 1. The number of fused-ring (bicyclic) bond motifs is 1. The third-order valence-electron chi connectivity index (χ3n) is 4.59. The zero-order valence-corrected chi connectivity index (χ0v) is 13.5. The predicted octanol–water partition coefficient (Wildman–Crippen LogP) is 2.23. The zero-order chi connectivity index (χ0) is 16.6. The van der Waals surface area contributed by atoms with Crippen molar-refractivity contribution in [3.8, 4) is 23.0 Å². The van der Waals surface area contributed by atoms with E-state index in [4.69, 9.17) is 4.52 Å². The van der Waals surface area contributed by atoms with Gasteiger partial charge in [0.2, 0.25) is 5.82 Å². The van der Waals surface area contributed by atoms with Crippen molar-refractivity contribution in [2.45, 2.75) is 25.4 Å². The van der Waals surface area contributed by atoms with Gasteiger partial charge in [0.05, 0.1) is 12.7 Å². The summed E-state index contributed by atoms with van der Waals surface area (Å²) in [5.41, 5.74) is 2.56. The molecule has 4 aromatic rings. The van der Waals surface area contributed by atoms with E-state index in [0.717, 1.165) is 29.6 Å². The summed E-state index contributed by atoms with van der Waals surface area (Å²) >= 11 is 0. The molecule has 8 nitrogen and oxygen atoms in total. The highest BCUT2D eigenvalue weighted by molar-refractivity contribution is 5.93. The van der Waals surface area contributed by atoms with Crippen molar-refractivity contribution in [1.82, 2.24) is 35.4 Å². The van der Waals surface area contributed by atoms with Gasteiger partial charge >= 0.3 is 0 Å². The van der Waals surface area contributed by atoms with Gasteiger partial charge < -0.3 is 14.8 Å². The smallest absolute Gasteiger partial charge is 0.280 e. The number of rotatable bonds is 4.